The number of nitrogens with two attached hydrogens (primary N) is 2. The predicted molar refractivity (Wildman–Crippen MR) is 108 cm³/mol. The Hall–Kier alpha value is -1.30. The standard InChI is InChI=1S/C19H38N4O6/c1-13(24)23-16-18(27)17(26)14(12-22-15(25)8-4-6-10-21)29-19(16)28-11-7-3-2-5-9-20/h14,16-19,26-27H,2-12,20-21H2,1H3,(H,22,25)(H,23,24). The summed E-state index contributed by atoms with van der Waals surface area (Å²) in [6.07, 6.45) is 1.12. The number of ether oxygens (including phenoxy) is 2. The van der Waals surface area contributed by atoms with Crippen molar-refractivity contribution in [3.05, 3.63) is 0 Å². The number of hydrogen-bond donors (Lipinski definition) is 6. The van der Waals surface area contributed by atoms with E-state index in [0.29, 0.717) is 32.5 Å². The minimum Gasteiger partial charge on any atom is -0.388 e. The van der Waals surface area contributed by atoms with Crippen LogP contribution in [-0.4, -0.2) is 78.9 Å². The van der Waals surface area contributed by atoms with Gasteiger partial charge in [0.15, 0.2) is 6.29 Å². The first kappa shape index (κ1) is 25.7. The maximum absolute atomic E-state index is 11.9. The number of carbonyl (C=O) groups excluding carboxylic acids is 2. The second-order valence-electron chi connectivity index (χ2n) is 7.37. The molecule has 29 heavy (non-hydrogen) atoms. The SMILES string of the molecule is CC(=O)NC1C(OCCCCCCN)OC(CNC(=O)CCCCN)C(O)C1O. The third-order valence-electron chi connectivity index (χ3n) is 4.81. The zero-order chi connectivity index (χ0) is 21.6. The molecular weight excluding hydrogens is 380 g/mol. The third kappa shape index (κ3) is 9.83. The highest BCUT2D eigenvalue weighted by molar-refractivity contribution is 5.75. The summed E-state index contributed by atoms with van der Waals surface area (Å²) in [5, 5.41) is 26.1. The molecular formula is C19H38N4O6. The lowest BCUT2D eigenvalue weighted by molar-refractivity contribution is -0.263. The van der Waals surface area contributed by atoms with Crippen LogP contribution < -0.4 is 22.1 Å². The average molecular weight is 419 g/mol. The molecule has 0 aromatic carbocycles. The predicted octanol–water partition coefficient (Wildman–Crippen LogP) is -1.28. The van der Waals surface area contributed by atoms with Gasteiger partial charge in [-0.25, -0.2) is 0 Å². The molecule has 1 rings (SSSR count). The van der Waals surface area contributed by atoms with Crippen LogP contribution in [0.3, 0.4) is 0 Å². The van der Waals surface area contributed by atoms with Gasteiger partial charge in [0, 0.05) is 26.5 Å². The summed E-state index contributed by atoms with van der Waals surface area (Å²) in [6, 6.07) is -0.900. The summed E-state index contributed by atoms with van der Waals surface area (Å²) >= 11 is 0. The molecule has 1 fully saturated rings. The maximum Gasteiger partial charge on any atom is 0.220 e. The second-order valence-corrected chi connectivity index (χ2v) is 7.37. The summed E-state index contributed by atoms with van der Waals surface area (Å²) in [6.45, 7) is 2.91. The van der Waals surface area contributed by atoms with E-state index >= 15 is 0 Å². The van der Waals surface area contributed by atoms with Crippen molar-refractivity contribution in [2.45, 2.75) is 82.5 Å². The van der Waals surface area contributed by atoms with Crippen molar-refractivity contribution >= 4 is 11.8 Å². The summed E-state index contributed by atoms with van der Waals surface area (Å²) in [7, 11) is 0. The van der Waals surface area contributed by atoms with Gasteiger partial charge in [-0.15, -0.1) is 0 Å². The molecule has 5 atom stereocenters. The zero-order valence-corrected chi connectivity index (χ0v) is 17.3. The number of amides is 2. The second kappa shape index (κ2) is 14.6. The number of carbonyl (C=O) groups is 2. The highest BCUT2D eigenvalue weighted by atomic mass is 16.7. The fraction of sp³-hybridized carbons (Fsp3) is 0.895. The normalized spacial score (nSPS) is 26.9. The van der Waals surface area contributed by atoms with E-state index in [2.05, 4.69) is 10.6 Å². The molecule has 0 bridgehead atoms. The van der Waals surface area contributed by atoms with Gasteiger partial charge >= 0.3 is 0 Å². The molecule has 10 heteroatoms. The fourth-order valence-corrected chi connectivity index (χ4v) is 3.16. The van der Waals surface area contributed by atoms with Crippen LogP contribution in [0.5, 0.6) is 0 Å². The summed E-state index contributed by atoms with van der Waals surface area (Å²) < 4.78 is 11.5. The van der Waals surface area contributed by atoms with Crippen molar-refractivity contribution in [1.82, 2.24) is 10.6 Å². The van der Waals surface area contributed by atoms with Gasteiger partial charge in [0.25, 0.3) is 0 Å². The number of nitrogens with one attached hydrogen (secondary N) is 2. The highest BCUT2D eigenvalue weighted by Crippen LogP contribution is 2.22. The summed E-state index contributed by atoms with van der Waals surface area (Å²) in [4.78, 5) is 23.4. The van der Waals surface area contributed by atoms with Crippen LogP contribution in [0, 0.1) is 0 Å². The number of rotatable bonds is 14. The molecule has 1 aliphatic rings. The Morgan fingerprint density at radius 3 is 2.31 bits per heavy atom. The number of aliphatic hydroxyl groups excluding tert-OH is 2. The third-order valence-corrected chi connectivity index (χ3v) is 4.81. The van der Waals surface area contributed by atoms with Crippen LogP contribution >= 0.6 is 0 Å². The van der Waals surface area contributed by atoms with Crippen LogP contribution in [0.2, 0.25) is 0 Å². The van der Waals surface area contributed by atoms with Crippen molar-refractivity contribution in [2.24, 2.45) is 11.5 Å². The van der Waals surface area contributed by atoms with Crippen LogP contribution in [0.1, 0.15) is 51.9 Å². The fourth-order valence-electron chi connectivity index (χ4n) is 3.16. The lowest BCUT2D eigenvalue weighted by atomic mass is 9.96. The van der Waals surface area contributed by atoms with Crippen LogP contribution in [0.25, 0.3) is 0 Å². The van der Waals surface area contributed by atoms with E-state index in [-0.39, 0.29) is 18.4 Å². The van der Waals surface area contributed by atoms with Gasteiger partial charge in [0.05, 0.1) is 0 Å². The van der Waals surface area contributed by atoms with E-state index in [1.165, 1.54) is 6.92 Å². The molecule has 0 spiro atoms. The van der Waals surface area contributed by atoms with Gasteiger partial charge in [-0.2, -0.15) is 0 Å². The Morgan fingerprint density at radius 2 is 1.66 bits per heavy atom. The van der Waals surface area contributed by atoms with Gasteiger partial charge in [-0.1, -0.05) is 12.8 Å². The zero-order valence-electron chi connectivity index (χ0n) is 17.3. The quantitative estimate of drug-likeness (QED) is 0.189. The number of unbranched alkanes of at least 4 members (excludes halogenated alkanes) is 4. The van der Waals surface area contributed by atoms with Crippen LogP contribution in [-0.2, 0) is 19.1 Å². The van der Waals surface area contributed by atoms with E-state index in [0.717, 1.165) is 32.1 Å². The van der Waals surface area contributed by atoms with E-state index in [1.54, 1.807) is 0 Å². The van der Waals surface area contributed by atoms with Gasteiger partial charge in [0.1, 0.15) is 24.4 Å². The van der Waals surface area contributed by atoms with Gasteiger partial charge < -0.3 is 41.8 Å². The average Bonchev–Trinajstić information content (AvgIpc) is 2.68. The largest absolute Gasteiger partial charge is 0.388 e. The Bertz CT molecular complexity index is 482. The molecule has 0 radical (unpaired) electrons. The van der Waals surface area contributed by atoms with Crippen molar-refractivity contribution < 1.29 is 29.3 Å². The minimum atomic E-state index is -1.28. The summed E-state index contributed by atoms with van der Waals surface area (Å²) in [5.74, 6) is -0.543. The van der Waals surface area contributed by atoms with Crippen molar-refractivity contribution in [3.63, 3.8) is 0 Å². The first-order valence-electron chi connectivity index (χ1n) is 10.5. The van der Waals surface area contributed by atoms with E-state index < -0.39 is 30.6 Å². The first-order chi connectivity index (χ1) is 13.9. The Labute approximate surface area is 172 Å². The molecule has 5 unspecified atom stereocenters. The molecule has 0 aromatic heterocycles. The van der Waals surface area contributed by atoms with Crippen molar-refractivity contribution in [2.75, 3.05) is 26.2 Å². The Kier molecular flexibility index (Phi) is 13.0. The molecule has 170 valence electrons. The molecule has 0 saturated carbocycles. The molecule has 2 amide bonds. The lowest BCUT2D eigenvalue weighted by Crippen LogP contribution is -2.65. The Morgan fingerprint density at radius 1 is 1.00 bits per heavy atom. The molecule has 0 aliphatic carbocycles. The number of hydrogen-bond acceptors (Lipinski definition) is 8. The smallest absolute Gasteiger partial charge is 0.220 e. The highest BCUT2D eigenvalue weighted by Gasteiger charge is 2.45. The van der Waals surface area contributed by atoms with Crippen molar-refractivity contribution in [1.29, 1.82) is 0 Å². The van der Waals surface area contributed by atoms with E-state index in [4.69, 9.17) is 20.9 Å². The molecule has 0 aromatic rings. The first-order valence-corrected chi connectivity index (χ1v) is 10.5. The molecule has 10 nitrogen and oxygen atoms in total. The maximum atomic E-state index is 11.9. The van der Waals surface area contributed by atoms with Gasteiger partial charge in [0.2, 0.25) is 11.8 Å². The topological polar surface area (TPSA) is 169 Å². The Balaban J connectivity index is 2.58. The molecule has 1 saturated heterocycles. The van der Waals surface area contributed by atoms with Gasteiger partial charge in [-0.3, -0.25) is 9.59 Å². The van der Waals surface area contributed by atoms with E-state index in [9.17, 15) is 19.8 Å². The van der Waals surface area contributed by atoms with Gasteiger partial charge in [-0.05, 0) is 38.8 Å². The van der Waals surface area contributed by atoms with E-state index in [1.807, 2.05) is 0 Å². The monoisotopic (exact) mass is 418 g/mol. The molecule has 1 aliphatic heterocycles. The van der Waals surface area contributed by atoms with Crippen molar-refractivity contribution in [3.8, 4) is 0 Å². The molecule has 8 N–H and O–H groups in total. The minimum absolute atomic E-state index is 0.0306. The summed E-state index contributed by atoms with van der Waals surface area (Å²) in [5.41, 5.74) is 10.9. The molecule has 1 heterocycles. The van der Waals surface area contributed by atoms with Crippen LogP contribution in [0.4, 0.5) is 0 Å². The number of aliphatic hydroxyl groups is 2. The van der Waals surface area contributed by atoms with Crippen LogP contribution in [0.15, 0.2) is 0 Å². The lowest BCUT2D eigenvalue weighted by Gasteiger charge is -2.42.